The largest absolute Gasteiger partial charge is 0.342 e. The highest BCUT2D eigenvalue weighted by atomic mass is 16.2. The molecule has 0 aromatic heterocycles. The molecule has 1 aliphatic carbocycles. The van der Waals surface area contributed by atoms with Crippen molar-refractivity contribution in [3.63, 3.8) is 0 Å². The molecule has 0 spiro atoms. The van der Waals surface area contributed by atoms with E-state index >= 15 is 0 Å². The van der Waals surface area contributed by atoms with Gasteiger partial charge in [0.25, 0.3) is 0 Å². The van der Waals surface area contributed by atoms with Gasteiger partial charge in [-0.15, -0.1) is 0 Å². The molecule has 1 aliphatic heterocycles. The molecule has 1 unspecified atom stereocenters. The van der Waals surface area contributed by atoms with Crippen LogP contribution >= 0.6 is 0 Å². The van der Waals surface area contributed by atoms with E-state index in [9.17, 15) is 4.79 Å². The van der Waals surface area contributed by atoms with E-state index < -0.39 is 0 Å². The summed E-state index contributed by atoms with van der Waals surface area (Å²) in [5.41, 5.74) is 5.69. The smallest absolute Gasteiger partial charge is 0.225 e. The first kappa shape index (κ1) is 9.97. The van der Waals surface area contributed by atoms with Crippen LogP contribution in [0.5, 0.6) is 0 Å². The molecule has 1 atom stereocenters. The van der Waals surface area contributed by atoms with E-state index in [2.05, 4.69) is 6.92 Å². The van der Waals surface area contributed by atoms with E-state index in [1.807, 2.05) is 4.90 Å². The minimum atomic E-state index is 0.246. The van der Waals surface area contributed by atoms with Crippen molar-refractivity contribution in [2.75, 3.05) is 13.1 Å². The summed E-state index contributed by atoms with van der Waals surface area (Å²) < 4.78 is 0. The third-order valence-electron chi connectivity index (χ3n) is 3.49. The van der Waals surface area contributed by atoms with Crippen LogP contribution in [-0.2, 0) is 4.79 Å². The fraction of sp³-hybridized carbons (Fsp3) is 0.909. The molecular formula is C11H20N2O. The first-order valence-corrected chi connectivity index (χ1v) is 5.71. The van der Waals surface area contributed by atoms with Crippen molar-refractivity contribution < 1.29 is 4.79 Å². The van der Waals surface area contributed by atoms with Gasteiger partial charge < -0.3 is 10.6 Å². The summed E-state index contributed by atoms with van der Waals surface area (Å²) in [6.45, 7) is 4.16. The summed E-state index contributed by atoms with van der Waals surface area (Å²) in [5.74, 6) is 1.29. The number of hydrogen-bond donors (Lipinski definition) is 1. The number of amides is 1. The normalized spacial score (nSPS) is 37.9. The van der Waals surface area contributed by atoms with Crippen LogP contribution in [0.1, 0.15) is 32.6 Å². The molecule has 3 heteroatoms. The second-order valence-electron chi connectivity index (χ2n) is 4.96. The Balaban J connectivity index is 1.85. The summed E-state index contributed by atoms with van der Waals surface area (Å²) in [5, 5.41) is 0. The quantitative estimate of drug-likeness (QED) is 0.679. The number of piperidine rings is 1. The van der Waals surface area contributed by atoms with Gasteiger partial charge in [-0.2, -0.15) is 0 Å². The van der Waals surface area contributed by atoms with Crippen LogP contribution in [-0.4, -0.2) is 29.9 Å². The van der Waals surface area contributed by atoms with Crippen LogP contribution in [0.2, 0.25) is 0 Å². The van der Waals surface area contributed by atoms with Gasteiger partial charge in [-0.25, -0.2) is 0 Å². The lowest BCUT2D eigenvalue weighted by molar-refractivity contribution is -0.140. The van der Waals surface area contributed by atoms with E-state index in [4.69, 9.17) is 5.73 Å². The lowest BCUT2D eigenvalue weighted by Crippen LogP contribution is -2.49. The Morgan fingerprint density at radius 3 is 2.71 bits per heavy atom. The molecule has 1 saturated carbocycles. The maximum Gasteiger partial charge on any atom is 0.225 e. The Bertz CT molecular complexity index is 223. The van der Waals surface area contributed by atoms with E-state index in [1.165, 1.54) is 12.8 Å². The lowest BCUT2D eigenvalue weighted by Gasteiger charge is -2.38. The number of rotatable bonds is 1. The number of nitrogens with two attached hydrogens (primary N) is 1. The van der Waals surface area contributed by atoms with Crippen LogP contribution < -0.4 is 5.73 Å². The van der Waals surface area contributed by atoms with Gasteiger partial charge in [-0.3, -0.25) is 4.79 Å². The minimum Gasteiger partial charge on any atom is -0.342 e. The summed E-state index contributed by atoms with van der Waals surface area (Å²) in [7, 11) is 0. The van der Waals surface area contributed by atoms with Gasteiger partial charge >= 0.3 is 0 Å². The number of hydrogen-bond acceptors (Lipinski definition) is 2. The molecule has 2 aliphatic rings. The molecule has 2 rings (SSSR count). The molecule has 1 heterocycles. The molecule has 1 amide bonds. The van der Waals surface area contributed by atoms with Gasteiger partial charge in [0.05, 0.1) is 0 Å². The van der Waals surface area contributed by atoms with Crippen molar-refractivity contribution in [2.45, 2.75) is 38.6 Å². The van der Waals surface area contributed by atoms with Gasteiger partial charge in [0, 0.05) is 25.0 Å². The predicted molar refractivity (Wildman–Crippen MR) is 55.7 cm³/mol. The molecule has 0 radical (unpaired) electrons. The summed E-state index contributed by atoms with van der Waals surface area (Å²) in [4.78, 5) is 14.0. The van der Waals surface area contributed by atoms with Crippen LogP contribution in [0.25, 0.3) is 0 Å². The first-order valence-electron chi connectivity index (χ1n) is 5.71. The van der Waals surface area contributed by atoms with Gasteiger partial charge in [0.1, 0.15) is 0 Å². The molecular weight excluding hydrogens is 176 g/mol. The topological polar surface area (TPSA) is 46.3 Å². The SMILES string of the molecule is CC1CCCN(C(=O)C2CC(N)C2)C1. The molecule has 2 fully saturated rings. The van der Waals surface area contributed by atoms with Gasteiger partial charge in [-0.05, 0) is 31.6 Å². The van der Waals surface area contributed by atoms with Crippen molar-refractivity contribution in [2.24, 2.45) is 17.6 Å². The molecule has 3 nitrogen and oxygen atoms in total. The standard InChI is InChI=1S/C11H20N2O/c1-8-3-2-4-13(7-8)11(14)9-5-10(12)6-9/h8-10H,2-7,12H2,1H3. The predicted octanol–water partition coefficient (Wildman–Crippen LogP) is 0.982. The highest BCUT2D eigenvalue weighted by Crippen LogP contribution is 2.29. The Hall–Kier alpha value is -0.570. The van der Waals surface area contributed by atoms with Gasteiger partial charge in [0.2, 0.25) is 5.91 Å². The molecule has 14 heavy (non-hydrogen) atoms. The summed E-state index contributed by atoms with van der Waals surface area (Å²) in [6, 6.07) is 0.283. The molecule has 0 aromatic carbocycles. The Morgan fingerprint density at radius 1 is 1.43 bits per heavy atom. The van der Waals surface area contributed by atoms with E-state index in [0.717, 1.165) is 25.9 Å². The maximum absolute atomic E-state index is 11.9. The van der Waals surface area contributed by atoms with E-state index in [1.54, 1.807) is 0 Å². The van der Waals surface area contributed by atoms with E-state index in [-0.39, 0.29) is 12.0 Å². The first-order chi connectivity index (χ1) is 6.66. The van der Waals surface area contributed by atoms with Crippen LogP contribution in [0, 0.1) is 11.8 Å². The van der Waals surface area contributed by atoms with Crippen LogP contribution in [0.3, 0.4) is 0 Å². The van der Waals surface area contributed by atoms with Gasteiger partial charge in [-0.1, -0.05) is 6.92 Å². The zero-order valence-electron chi connectivity index (χ0n) is 8.91. The van der Waals surface area contributed by atoms with Crippen LogP contribution in [0.15, 0.2) is 0 Å². The monoisotopic (exact) mass is 196 g/mol. The Kier molecular flexibility index (Phi) is 2.77. The Labute approximate surface area is 85.6 Å². The minimum absolute atomic E-state index is 0.246. The average Bonchev–Trinajstić information content (AvgIpc) is 2.12. The number of carbonyl (C=O) groups is 1. The fourth-order valence-electron chi connectivity index (χ4n) is 2.51. The van der Waals surface area contributed by atoms with Gasteiger partial charge in [0.15, 0.2) is 0 Å². The molecule has 80 valence electrons. The van der Waals surface area contributed by atoms with Crippen LogP contribution in [0.4, 0.5) is 0 Å². The number of nitrogens with zero attached hydrogens (tertiary/aromatic N) is 1. The molecule has 0 bridgehead atoms. The second-order valence-corrected chi connectivity index (χ2v) is 4.96. The van der Waals surface area contributed by atoms with Crippen molar-refractivity contribution in [3.8, 4) is 0 Å². The highest BCUT2D eigenvalue weighted by molar-refractivity contribution is 5.80. The average molecular weight is 196 g/mol. The fourth-order valence-corrected chi connectivity index (χ4v) is 2.51. The number of likely N-dealkylation sites (tertiary alicyclic amines) is 1. The zero-order valence-corrected chi connectivity index (χ0v) is 8.91. The number of carbonyl (C=O) groups excluding carboxylic acids is 1. The second kappa shape index (κ2) is 3.89. The molecule has 0 aromatic rings. The van der Waals surface area contributed by atoms with E-state index in [0.29, 0.717) is 11.8 Å². The third-order valence-corrected chi connectivity index (χ3v) is 3.49. The Morgan fingerprint density at radius 2 is 2.14 bits per heavy atom. The van der Waals surface area contributed by atoms with Crippen molar-refractivity contribution in [1.82, 2.24) is 4.90 Å². The van der Waals surface area contributed by atoms with Crippen molar-refractivity contribution in [3.05, 3.63) is 0 Å². The highest BCUT2D eigenvalue weighted by Gasteiger charge is 2.35. The maximum atomic E-state index is 11.9. The summed E-state index contributed by atoms with van der Waals surface area (Å²) >= 11 is 0. The lowest BCUT2D eigenvalue weighted by atomic mass is 9.79. The molecule has 2 N–H and O–H groups in total. The third kappa shape index (κ3) is 1.92. The summed E-state index contributed by atoms with van der Waals surface area (Å²) in [6.07, 6.45) is 4.26. The van der Waals surface area contributed by atoms with Crippen molar-refractivity contribution in [1.29, 1.82) is 0 Å². The zero-order chi connectivity index (χ0) is 10.1. The molecule has 1 saturated heterocycles. The van der Waals surface area contributed by atoms with Crippen molar-refractivity contribution >= 4 is 5.91 Å².